The van der Waals surface area contributed by atoms with Gasteiger partial charge in [0, 0.05) is 6.61 Å². The summed E-state index contributed by atoms with van der Waals surface area (Å²) in [5.41, 5.74) is 0.157. The van der Waals surface area contributed by atoms with Gasteiger partial charge in [-0.15, -0.1) is 0 Å². The normalized spacial score (nSPS) is 24.7. The third kappa shape index (κ3) is 2.91. The summed E-state index contributed by atoms with van der Waals surface area (Å²) < 4.78 is 11.4. The molecule has 1 aliphatic heterocycles. The Bertz CT molecular complexity index is 499. The quantitative estimate of drug-likeness (QED) is 0.925. The third-order valence-corrected chi connectivity index (χ3v) is 4.67. The van der Waals surface area contributed by atoms with Gasteiger partial charge in [0.25, 0.3) is 0 Å². The molecule has 2 aliphatic rings. The third-order valence-electron chi connectivity index (χ3n) is 4.67. The van der Waals surface area contributed by atoms with E-state index in [0.717, 1.165) is 56.4 Å². The zero-order chi connectivity index (χ0) is 14.7. The van der Waals surface area contributed by atoms with Crippen LogP contribution in [0.3, 0.4) is 0 Å². The predicted molar refractivity (Wildman–Crippen MR) is 78.7 cm³/mol. The van der Waals surface area contributed by atoms with E-state index in [1.165, 1.54) is 0 Å². The van der Waals surface area contributed by atoms with Crippen LogP contribution in [0.5, 0.6) is 5.75 Å². The summed E-state index contributed by atoms with van der Waals surface area (Å²) in [5, 5.41) is 9.67. The first kappa shape index (κ1) is 14.4. The molecule has 0 amide bonds. The molecule has 0 bridgehead atoms. The van der Waals surface area contributed by atoms with Crippen molar-refractivity contribution < 1.29 is 19.4 Å². The molecule has 1 aliphatic carbocycles. The topological polar surface area (TPSA) is 55.8 Å². The number of carboxylic acid groups (broad SMARTS) is 1. The van der Waals surface area contributed by atoms with E-state index in [9.17, 15) is 9.90 Å². The van der Waals surface area contributed by atoms with Gasteiger partial charge in [0.2, 0.25) is 0 Å². The molecular formula is C17H22O4. The number of carboxylic acids is 1. The minimum absolute atomic E-state index is 0.0818. The molecule has 114 valence electrons. The zero-order valence-corrected chi connectivity index (χ0v) is 12.2. The molecule has 1 aromatic rings. The van der Waals surface area contributed by atoms with E-state index >= 15 is 0 Å². The lowest BCUT2D eigenvalue weighted by atomic mass is 9.79. The Balaban J connectivity index is 1.80. The summed E-state index contributed by atoms with van der Waals surface area (Å²) in [7, 11) is 0. The van der Waals surface area contributed by atoms with Gasteiger partial charge in [-0.05, 0) is 43.4 Å². The lowest BCUT2D eigenvalue weighted by Crippen LogP contribution is -2.32. The molecule has 1 saturated carbocycles. The predicted octanol–water partition coefficient (Wildman–Crippen LogP) is 3.14. The maximum atomic E-state index is 11.8. The number of benzene rings is 1. The van der Waals surface area contributed by atoms with Crippen LogP contribution >= 0.6 is 0 Å². The second-order valence-corrected chi connectivity index (χ2v) is 6.08. The fourth-order valence-electron chi connectivity index (χ4n) is 3.47. The first-order chi connectivity index (χ1) is 10.2. The lowest BCUT2D eigenvalue weighted by Gasteiger charge is -2.26. The van der Waals surface area contributed by atoms with Crippen LogP contribution in [0.4, 0.5) is 0 Å². The van der Waals surface area contributed by atoms with Gasteiger partial charge in [0.15, 0.2) is 0 Å². The highest BCUT2D eigenvalue weighted by Crippen LogP contribution is 2.42. The minimum atomic E-state index is -0.720. The van der Waals surface area contributed by atoms with Crippen LogP contribution < -0.4 is 4.74 Å². The number of rotatable bonds is 4. The van der Waals surface area contributed by atoms with Gasteiger partial charge in [-0.25, -0.2) is 0 Å². The number of aliphatic carboxylic acids is 1. The van der Waals surface area contributed by atoms with Crippen molar-refractivity contribution in [1.82, 2.24) is 0 Å². The van der Waals surface area contributed by atoms with Gasteiger partial charge >= 0.3 is 5.97 Å². The number of hydrogen-bond donors (Lipinski definition) is 1. The molecule has 0 spiro atoms. The first-order valence-corrected chi connectivity index (χ1v) is 7.79. The Morgan fingerprint density at radius 2 is 2.10 bits per heavy atom. The van der Waals surface area contributed by atoms with Gasteiger partial charge in [-0.2, -0.15) is 0 Å². The Hall–Kier alpha value is -1.55. The fourth-order valence-corrected chi connectivity index (χ4v) is 3.47. The van der Waals surface area contributed by atoms with Crippen molar-refractivity contribution in [1.29, 1.82) is 0 Å². The summed E-state index contributed by atoms with van der Waals surface area (Å²) >= 11 is 0. The van der Waals surface area contributed by atoms with E-state index in [4.69, 9.17) is 9.47 Å². The van der Waals surface area contributed by atoms with E-state index in [0.29, 0.717) is 6.61 Å². The highest BCUT2D eigenvalue weighted by Gasteiger charge is 2.43. The van der Waals surface area contributed by atoms with Crippen molar-refractivity contribution in [2.24, 2.45) is 0 Å². The van der Waals surface area contributed by atoms with E-state index in [-0.39, 0.29) is 6.10 Å². The largest absolute Gasteiger partial charge is 0.488 e. The van der Waals surface area contributed by atoms with Crippen molar-refractivity contribution in [2.75, 3.05) is 13.2 Å². The van der Waals surface area contributed by atoms with Crippen molar-refractivity contribution in [2.45, 2.75) is 50.0 Å². The smallest absolute Gasteiger partial charge is 0.314 e. The van der Waals surface area contributed by atoms with E-state index in [2.05, 4.69) is 0 Å². The Kier molecular flexibility index (Phi) is 4.15. The van der Waals surface area contributed by atoms with Crippen molar-refractivity contribution in [3.63, 3.8) is 0 Å². The Morgan fingerprint density at radius 1 is 1.29 bits per heavy atom. The van der Waals surface area contributed by atoms with Gasteiger partial charge in [-0.1, -0.05) is 25.0 Å². The highest BCUT2D eigenvalue weighted by molar-refractivity contribution is 5.82. The van der Waals surface area contributed by atoms with Crippen LogP contribution in [0.25, 0.3) is 0 Å². The molecule has 21 heavy (non-hydrogen) atoms. The molecule has 3 rings (SSSR count). The molecule has 0 aromatic heterocycles. The molecule has 1 saturated heterocycles. The number of hydrogen-bond acceptors (Lipinski definition) is 3. The number of carbonyl (C=O) groups is 1. The SMILES string of the molecule is O=C(O)C1(c2cccc(OC3CCCOC3)c2)CCCC1. The molecule has 4 heteroatoms. The second kappa shape index (κ2) is 6.06. The summed E-state index contributed by atoms with van der Waals surface area (Å²) in [6.45, 7) is 1.43. The van der Waals surface area contributed by atoms with Gasteiger partial charge in [0.1, 0.15) is 11.9 Å². The highest BCUT2D eigenvalue weighted by atomic mass is 16.5. The van der Waals surface area contributed by atoms with Crippen molar-refractivity contribution in [3.8, 4) is 5.75 Å². The second-order valence-electron chi connectivity index (χ2n) is 6.08. The molecule has 1 N–H and O–H groups in total. The molecule has 1 atom stereocenters. The molecule has 4 nitrogen and oxygen atoms in total. The summed E-state index contributed by atoms with van der Waals surface area (Å²) in [5.74, 6) is 0.0497. The molecule has 1 heterocycles. The maximum absolute atomic E-state index is 11.8. The van der Waals surface area contributed by atoms with Crippen LogP contribution in [0.1, 0.15) is 44.1 Å². The van der Waals surface area contributed by atoms with Gasteiger partial charge in [-0.3, -0.25) is 4.79 Å². The summed E-state index contributed by atoms with van der Waals surface area (Å²) in [6.07, 6.45) is 5.49. The van der Waals surface area contributed by atoms with Crippen LogP contribution in [-0.4, -0.2) is 30.4 Å². The number of ether oxygens (including phenoxy) is 2. The van der Waals surface area contributed by atoms with Crippen LogP contribution in [0.15, 0.2) is 24.3 Å². The molecule has 1 unspecified atom stereocenters. The van der Waals surface area contributed by atoms with Crippen LogP contribution in [0, 0.1) is 0 Å². The maximum Gasteiger partial charge on any atom is 0.314 e. The molecule has 1 aromatic carbocycles. The zero-order valence-electron chi connectivity index (χ0n) is 12.2. The summed E-state index contributed by atoms with van der Waals surface area (Å²) in [6, 6.07) is 7.64. The molecule has 2 fully saturated rings. The van der Waals surface area contributed by atoms with Crippen LogP contribution in [-0.2, 0) is 14.9 Å². The molecule has 0 radical (unpaired) electrons. The Labute approximate surface area is 125 Å². The van der Waals surface area contributed by atoms with Crippen molar-refractivity contribution >= 4 is 5.97 Å². The van der Waals surface area contributed by atoms with E-state index in [1.54, 1.807) is 0 Å². The van der Waals surface area contributed by atoms with Crippen LogP contribution in [0.2, 0.25) is 0 Å². The first-order valence-electron chi connectivity index (χ1n) is 7.79. The van der Waals surface area contributed by atoms with Gasteiger partial charge in [0.05, 0.1) is 12.0 Å². The minimum Gasteiger partial charge on any atom is -0.488 e. The average Bonchev–Trinajstić information content (AvgIpc) is 2.99. The molecular weight excluding hydrogens is 268 g/mol. The van der Waals surface area contributed by atoms with Gasteiger partial charge < -0.3 is 14.6 Å². The van der Waals surface area contributed by atoms with E-state index < -0.39 is 11.4 Å². The standard InChI is InChI=1S/C17H22O4/c18-16(19)17(8-1-2-9-17)13-5-3-6-14(11-13)21-15-7-4-10-20-12-15/h3,5-6,11,15H,1-2,4,7-10,12H2,(H,18,19). The fraction of sp³-hybridized carbons (Fsp3) is 0.588. The average molecular weight is 290 g/mol. The summed E-state index contributed by atoms with van der Waals surface area (Å²) in [4.78, 5) is 11.8. The van der Waals surface area contributed by atoms with E-state index in [1.807, 2.05) is 24.3 Å². The Morgan fingerprint density at radius 3 is 2.76 bits per heavy atom. The monoisotopic (exact) mass is 290 g/mol. The lowest BCUT2D eigenvalue weighted by molar-refractivity contribution is -0.143. The van der Waals surface area contributed by atoms with Crippen molar-refractivity contribution in [3.05, 3.63) is 29.8 Å².